The van der Waals surface area contributed by atoms with Gasteiger partial charge in [-0.1, -0.05) is 43.8 Å². The molecule has 3 rings (SSSR count). The van der Waals surface area contributed by atoms with Crippen LogP contribution in [0.3, 0.4) is 0 Å². The summed E-state index contributed by atoms with van der Waals surface area (Å²) in [5.41, 5.74) is 1.54. The molecule has 3 aromatic rings. The molecule has 0 spiro atoms. The molecule has 0 fully saturated rings. The van der Waals surface area contributed by atoms with E-state index in [1.165, 1.54) is 11.8 Å². The molecule has 0 aliphatic rings. The summed E-state index contributed by atoms with van der Waals surface area (Å²) in [4.78, 5) is 4.42. The second kappa shape index (κ2) is 9.59. The molecule has 1 N–H and O–H groups in total. The van der Waals surface area contributed by atoms with Gasteiger partial charge in [-0.05, 0) is 43.5 Å². The zero-order valence-corrected chi connectivity index (χ0v) is 17.3. The van der Waals surface area contributed by atoms with Crippen molar-refractivity contribution >= 4 is 11.8 Å². The minimum atomic E-state index is 0.207. The first kappa shape index (κ1) is 20.2. The summed E-state index contributed by atoms with van der Waals surface area (Å²) >= 11 is 1.53. The predicted molar refractivity (Wildman–Crippen MR) is 110 cm³/mol. The number of thioether (sulfide) groups is 1. The molecule has 0 radical (unpaired) electrons. The van der Waals surface area contributed by atoms with Gasteiger partial charge >= 0.3 is 0 Å². The van der Waals surface area contributed by atoms with Crippen LogP contribution in [0.5, 0.6) is 11.5 Å². The van der Waals surface area contributed by atoms with E-state index in [0.717, 1.165) is 35.4 Å². The maximum absolute atomic E-state index is 10.0. The summed E-state index contributed by atoms with van der Waals surface area (Å²) in [5.74, 6) is 2.93. The van der Waals surface area contributed by atoms with Gasteiger partial charge in [-0.2, -0.15) is 0 Å². The van der Waals surface area contributed by atoms with E-state index >= 15 is 0 Å². The first-order chi connectivity index (χ1) is 13.5. The van der Waals surface area contributed by atoms with E-state index in [1.807, 2.05) is 37.3 Å². The summed E-state index contributed by atoms with van der Waals surface area (Å²) < 4.78 is 7.98. The topological polar surface area (TPSA) is 73.1 Å². The molecule has 2 aromatic heterocycles. The molecule has 0 amide bonds. The highest BCUT2D eigenvalue weighted by Gasteiger charge is 2.15. The highest BCUT2D eigenvalue weighted by molar-refractivity contribution is 7.98. The number of rotatable bonds is 9. The number of pyridine rings is 1. The summed E-state index contributed by atoms with van der Waals surface area (Å²) in [6, 6.07) is 13.2. The van der Waals surface area contributed by atoms with Gasteiger partial charge in [-0.15, -0.1) is 10.2 Å². The van der Waals surface area contributed by atoms with Crippen LogP contribution >= 0.6 is 11.8 Å². The maximum atomic E-state index is 10.0. The van der Waals surface area contributed by atoms with E-state index in [1.54, 1.807) is 12.1 Å². The average Bonchev–Trinajstić information content (AvgIpc) is 3.08. The van der Waals surface area contributed by atoms with Gasteiger partial charge in [0.2, 0.25) is 0 Å². The van der Waals surface area contributed by atoms with Gasteiger partial charge in [0, 0.05) is 18.0 Å². The van der Waals surface area contributed by atoms with Crippen LogP contribution in [0.1, 0.15) is 37.5 Å². The molecule has 6 nitrogen and oxygen atoms in total. The molecular formula is C21H26N4O2S. The zero-order chi connectivity index (χ0) is 19.9. The second-order valence-corrected chi connectivity index (χ2v) is 7.98. The van der Waals surface area contributed by atoms with Crippen molar-refractivity contribution in [3.8, 4) is 11.5 Å². The molecule has 148 valence electrons. The molecule has 0 aliphatic carbocycles. The number of hydrogen-bond donors (Lipinski definition) is 1. The Balaban J connectivity index is 1.73. The van der Waals surface area contributed by atoms with Crippen LogP contribution in [0.25, 0.3) is 0 Å². The molecule has 0 saturated heterocycles. The molecule has 0 bridgehead atoms. The fourth-order valence-electron chi connectivity index (χ4n) is 2.65. The second-order valence-electron chi connectivity index (χ2n) is 7.04. The normalized spacial score (nSPS) is 11.1. The van der Waals surface area contributed by atoms with E-state index < -0.39 is 0 Å². The number of aromatic hydroxyl groups is 1. The Bertz CT molecular complexity index is 897. The van der Waals surface area contributed by atoms with Crippen LogP contribution < -0.4 is 4.74 Å². The van der Waals surface area contributed by atoms with E-state index in [9.17, 15) is 5.11 Å². The standard InChI is InChI=1S/C21H26N4O2S/c1-15(2)11-12-25-20(13-27-17-7-5-4-6-8-17)23-24-21(25)28-14-18-19(26)10-9-16(3)22-18/h4-10,15,26H,11-14H2,1-3H3. The lowest BCUT2D eigenvalue weighted by Gasteiger charge is -2.12. The molecule has 1 aromatic carbocycles. The first-order valence-electron chi connectivity index (χ1n) is 9.41. The first-order valence-corrected chi connectivity index (χ1v) is 10.4. The van der Waals surface area contributed by atoms with E-state index in [4.69, 9.17) is 4.74 Å². The Hall–Kier alpha value is -2.54. The van der Waals surface area contributed by atoms with Gasteiger partial charge in [0.05, 0.1) is 5.69 Å². The molecule has 0 atom stereocenters. The lowest BCUT2D eigenvalue weighted by Crippen LogP contribution is -2.10. The third kappa shape index (κ3) is 5.48. The van der Waals surface area contributed by atoms with Crippen molar-refractivity contribution in [2.75, 3.05) is 0 Å². The molecule has 0 aliphatic heterocycles. The van der Waals surface area contributed by atoms with E-state index in [0.29, 0.717) is 24.0 Å². The third-order valence-electron chi connectivity index (χ3n) is 4.26. The van der Waals surface area contributed by atoms with Crippen LogP contribution in [-0.2, 0) is 18.9 Å². The van der Waals surface area contributed by atoms with Crippen LogP contribution in [0.2, 0.25) is 0 Å². The Morgan fingerprint density at radius 3 is 2.64 bits per heavy atom. The van der Waals surface area contributed by atoms with Crippen molar-refractivity contribution in [3.05, 3.63) is 59.7 Å². The molecule has 0 saturated carbocycles. The lowest BCUT2D eigenvalue weighted by molar-refractivity contribution is 0.285. The monoisotopic (exact) mass is 398 g/mol. The zero-order valence-electron chi connectivity index (χ0n) is 16.5. The fourth-order valence-corrected chi connectivity index (χ4v) is 3.58. The highest BCUT2D eigenvalue weighted by atomic mass is 32.2. The molecule has 2 heterocycles. The Morgan fingerprint density at radius 2 is 1.89 bits per heavy atom. The summed E-state index contributed by atoms with van der Waals surface area (Å²) in [7, 11) is 0. The van der Waals surface area contributed by atoms with Crippen LogP contribution in [0, 0.1) is 12.8 Å². The number of aromatic nitrogens is 4. The van der Waals surface area contributed by atoms with E-state index in [-0.39, 0.29) is 5.75 Å². The molecular weight excluding hydrogens is 372 g/mol. The van der Waals surface area contributed by atoms with Crippen molar-refractivity contribution < 1.29 is 9.84 Å². The van der Waals surface area contributed by atoms with Crippen molar-refractivity contribution in [3.63, 3.8) is 0 Å². The van der Waals surface area contributed by atoms with Crippen molar-refractivity contribution in [1.29, 1.82) is 0 Å². The summed E-state index contributed by atoms with van der Waals surface area (Å²) in [6.07, 6.45) is 1.03. The van der Waals surface area contributed by atoms with Gasteiger partial charge in [-0.3, -0.25) is 4.98 Å². The fraction of sp³-hybridized carbons (Fsp3) is 0.381. The number of ether oxygens (including phenoxy) is 1. The van der Waals surface area contributed by atoms with Crippen LogP contribution in [0.15, 0.2) is 47.6 Å². The largest absolute Gasteiger partial charge is 0.506 e. The molecule has 0 unspecified atom stereocenters. The minimum absolute atomic E-state index is 0.207. The number of benzene rings is 1. The van der Waals surface area contributed by atoms with Crippen molar-refractivity contribution in [1.82, 2.24) is 19.7 Å². The van der Waals surface area contributed by atoms with Crippen LogP contribution in [-0.4, -0.2) is 24.9 Å². The van der Waals surface area contributed by atoms with Crippen molar-refractivity contribution in [2.45, 2.75) is 51.3 Å². The lowest BCUT2D eigenvalue weighted by atomic mass is 10.1. The van der Waals surface area contributed by atoms with Gasteiger partial charge in [-0.25, -0.2) is 0 Å². The quantitative estimate of drug-likeness (QED) is 0.531. The molecule has 7 heteroatoms. The highest BCUT2D eigenvalue weighted by Crippen LogP contribution is 2.26. The van der Waals surface area contributed by atoms with Crippen LogP contribution in [0.4, 0.5) is 0 Å². The Morgan fingerprint density at radius 1 is 1.11 bits per heavy atom. The number of aryl methyl sites for hydroxylation is 1. The van der Waals surface area contributed by atoms with Crippen molar-refractivity contribution in [2.24, 2.45) is 5.92 Å². The van der Waals surface area contributed by atoms with E-state index in [2.05, 4.69) is 33.6 Å². The number of hydrogen-bond acceptors (Lipinski definition) is 6. The summed E-state index contributed by atoms with van der Waals surface area (Å²) in [6.45, 7) is 7.51. The van der Waals surface area contributed by atoms with Gasteiger partial charge in [0.15, 0.2) is 11.0 Å². The Labute approximate surface area is 170 Å². The van der Waals surface area contributed by atoms with Gasteiger partial charge in [0.25, 0.3) is 0 Å². The smallest absolute Gasteiger partial charge is 0.191 e. The average molecular weight is 399 g/mol. The molecule has 28 heavy (non-hydrogen) atoms. The predicted octanol–water partition coefficient (Wildman–Crippen LogP) is 4.60. The summed E-state index contributed by atoms with van der Waals surface area (Å²) in [5, 5.41) is 19.6. The van der Waals surface area contributed by atoms with Gasteiger partial charge < -0.3 is 14.4 Å². The van der Waals surface area contributed by atoms with Gasteiger partial charge in [0.1, 0.15) is 18.1 Å². The Kier molecular flexibility index (Phi) is 6.92. The maximum Gasteiger partial charge on any atom is 0.191 e. The minimum Gasteiger partial charge on any atom is -0.506 e. The number of para-hydroxylation sites is 1. The SMILES string of the molecule is Cc1ccc(O)c(CSc2nnc(COc3ccccc3)n2CCC(C)C)n1. The third-order valence-corrected chi connectivity index (χ3v) is 5.24. The number of nitrogens with zero attached hydrogens (tertiary/aromatic N) is 4.